The van der Waals surface area contributed by atoms with Gasteiger partial charge in [-0.25, -0.2) is 15.0 Å². The standard InChI is InChI=1S/C24H28N6O2/c1-6-32-24-18(10-8-12-26-24)19-13-20(27-14-17-9-7-11-25-23(17)31-5)22-21(28-19)16(4)29-30(22)15(2)3/h7-13,15H,6,14H2,1-5H3,(H,27,28)/i1D. The number of aryl methyl sites for hydroxylation is 1. The molecule has 32 heavy (non-hydrogen) atoms. The monoisotopic (exact) mass is 433 g/mol. The molecule has 0 aromatic carbocycles. The van der Waals surface area contributed by atoms with Crippen LogP contribution in [0.2, 0.25) is 0 Å². The van der Waals surface area contributed by atoms with Crippen LogP contribution in [0.25, 0.3) is 22.3 Å². The Morgan fingerprint density at radius 1 is 1.16 bits per heavy atom. The van der Waals surface area contributed by atoms with Gasteiger partial charge in [0, 0.05) is 31.9 Å². The predicted octanol–water partition coefficient (Wildman–Crippen LogP) is 4.80. The molecule has 166 valence electrons. The first-order chi connectivity index (χ1) is 16.0. The van der Waals surface area contributed by atoms with E-state index in [0.29, 0.717) is 18.3 Å². The average molecular weight is 434 g/mol. The lowest BCUT2D eigenvalue weighted by atomic mass is 10.1. The number of nitrogens with zero attached hydrogens (tertiary/aromatic N) is 5. The van der Waals surface area contributed by atoms with Crippen LogP contribution in [-0.2, 0) is 6.54 Å². The average Bonchev–Trinajstić information content (AvgIpc) is 3.18. The van der Waals surface area contributed by atoms with E-state index in [-0.39, 0.29) is 19.5 Å². The SMILES string of the molecule is [2H]CCOc1ncccc1-c1cc(NCc2cccnc2OC)c2c(n1)c(C)nn2C(C)C. The van der Waals surface area contributed by atoms with Crippen LogP contribution in [-0.4, -0.2) is 38.4 Å². The lowest BCUT2D eigenvalue weighted by molar-refractivity contribution is 0.328. The molecule has 0 spiro atoms. The van der Waals surface area contributed by atoms with Crippen molar-refractivity contribution in [3.05, 3.63) is 54.0 Å². The van der Waals surface area contributed by atoms with Crippen LogP contribution in [0, 0.1) is 6.92 Å². The minimum Gasteiger partial charge on any atom is -0.481 e. The maximum absolute atomic E-state index is 7.41. The van der Waals surface area contributed by atoms with E-state index in [2.05, 4.69) is 29.1 Å². The number of fused-ring (bicyclic) bond motifs is 1. The summed E-state index contributed by atoms with van der Waals surface area (Å²) in [6.07, 6.45) is 3.39. The van der Waals surface area contributed by atoms with E-state index in [1.54, 1.807) is 19.5 Å². The van der Waals surface area contributed by atoms with E-state index in [1.165, 1.54) is 0 Å². The second kappa shape index (κ2) is 9.21. The Kier molecular flexibility index (Phi) is 5.83. The number of aromatic nitrogens is 5. The van der Waals surface area contributed by atoms with Crippen LogP contribution in [0.15, 0.2) is 42.7 Å². The zero-order chi connectivity index (χ0) is 23.4. The number of rotatable bonds is 8. The first-order valence-electron chi connectivity index (χ1n) is 11.2. The number of hydrogen-bond acceptors (Lipinski definition) is 7. The third-order valence-corrected chi connectivity index (χ3v) is 5.11. The summed E-state index contributed by atoms with van der Waals surface area (Å²) in [5.41, 5.74) is 5.93. The number of ether oxygens (including phenoxy) is 2. The lowest BCUT2D eigenvalue weighted by Gasteiger charge is -2.15. The van der Waals surface area contributed by atoms with Gasteiger partial charge in [-0.15, -0.1) is 0 Å². The van der Waals surface area contributed by atoms with Crippen LogP contribution in [0.5, 0.6) is 11.8 Å². The number of anilines is 1. The number of hydrogen-bond donors (Lipinski definition) is 1. The van der Waals surface area contributed by atoms with Crippen LogP contribution in [0.1, 0.15) is 39.4 Å². The van der Waals surface area contributed by atoms with Gasteiger partial charge < -0.3 is 14.8 Å². The molecular weight excluding hydrogens is 404 g/mol. The second-order valence-corrected chi connectivity index (χ2v) is 7.61. The molecule has 4 aromatic heterocycles. The normalized spacial score (nSPS) is 11.6. The van der Waals surface area contributed by atoms with Gasteiger partial charge in [0.05, 0.1) is 36.4 Å². The van der Waals surface area contributed by atoms with Crippen molar-refractivity contribution in [2.75, 3.05) is 19.0 Å². The predicted molar refractivity (Wildman–Crippen MR) is 125 cm³/mol. The maximum atomic E-state index is 7.41. The largest absolute Gasteiger partial charge is 0.481 e. The van der Waals surface area contributed by atoms with Gasteiger partial charge in [0.25, 0.3) is 0 Å². The summed E-state index contributed by atoms with van der Waals surface area (Å²) in [7, 11) is 1.62. The Labute approximate surface area is 189 Å². The molecule has 0 fully saturated rings. The zero-order valence-electron chi connectivity index (χ0n) is 19.8. The van der Waals surface area contributed by atoms with E-state index in [9.17, 15) is 0 Å². The third-order valence-electron chi connectivity index (χ3n) is 5.11. The summed E-state index contributed by atoms with van der Waals surface area (Å²) in [6, 6.07) is 9.81. The molecule has 0 unspecified atom stereocenters. The van der Waals surface area contributed by atoms with E-state index in [4.69, 9.17) is 20.9 Å². The van der Waals surface area contributed by atoms with Gasteiger partial charge in [-0.2, -0.15) is 5.10 Å². The highest BCUT2D eigenvalue weighted by atomic mass is 16.5. The Bertz CT molecular complexity index is 1260. The van der Waals surface area contributed by atoms with Crippen molar-refractivity contribution in [1.82, 2.24) is 24.7 Å². The second-order valence-electron chi connectivity index (χ2n) is 7.61. The van der Waals surface area contributed by atoms with Gasteiger partial charge in [0.15, 0.2) is 0 Å². The summed E-state index contributed by atoms with van der Waals surface area (Å²) in [5, 5.41) is 8.30. The number of nitrogens with one attached hydrogen (secondary N) is 1. The molecule has 0 saturated heterocycles. The first-order valence-corrected chi connectivity index (χ1v) is 10.5. The fraction of sp³-hybridized carbons (Fsp3) is 0.333. The van der Waals surface area contributed by atoms with Crippen LogP contribution >= 0.6 is 0 Å². The van der Waals surface area contributed by atoms with Crippen LogP contribution < -0.4 is 14.8 Å². The minimum absolute atomic E-state index is 0.155. The zero-order valence-corrected chi connectivity index (χ0v) is 18.8. The molecule has 0 atom stereocenters. The van der Waals surface area contributed by atoms with Crippen molar-refractivity contribution in [2.24, 2.45) is 0 Å². The fourth-order valence-corrected chi connectivity index (χ4v) is 3.66. The highest BCUT2D eigenvalue weighted by Crippen LogP contribution is 2.35. The quantitative estimate of drug-likeness (QED) is 0.427. The Morgan fingerprint density at radius 2 is 1.94 bits per heavy atom. The molecule has 0 amide bonds. The van der Waals surface area contributed by atoms with Gasteiger partial charge in [-0.05, 0) is 51.9 Å². The summed E-state index contributed by atoms with van der Waals surface area (Å²) in [6.45, 7) is 7.11. The molecule has 0 aliphatic heterocycles. The van der Waals surface area contributed by atoms with Gasteiger partial charge >= 0.3 is 0 Å². The smallest absolute Gasteiger partial charge is 0.222 e. The van der Waals surface area contributed by atoms with Gasteiger partial charge in [0.2, 0.25) is 11.8 Å². The highest BCUT2D eigenvalue weighted by Gasteiger charge is 2.19. The Balaban J connectivity index is 1.84. The van der Waals surface area contributed by atoms with Crippen molar-refractivity contribution in [1.29, 1.82) is 0 Å². The Morgan fingerprint density at radius 3 is 2.69 bits per heavy atom. The van der Waals surface area contributed by atoms with Crippen molar-refractivity contribution in [3.63, 3.8) is 0 Å². The molecule has 4 rings (SSSR count). The molecular formula is C24H28N6O2. The molecule has 8 nitrogen and oxygen atoms in total. The molecule has 0 aliphatic rings. The van der Waals surface area contributed by atoms with E-state index in [1.807, 2.05) is 41.9 Å². The summed E-state index contributed by atoms with van der Waals surface area (Å²) in [5.74, 6) is 1.05. The lowest BCUT2D eigenvalue weighted by Crippen LogP contribution is -2.08. The third kappa shape index (κ3) is 4.08. The molecule has 0 bridgehead atoms. The van der Waals surface area contributed by atoms with Gasteiger partial charge in [0.1, 0.15) is 11.0 Å². The molecule has 0 saturated carbocycles. The maximum Gasteiger partial charge on any atom is 0.222 e. The fourth-order valence-electron chi connectivity index (χ4n) is 3.66. The first kappa shape index (κ1) is 20.2. The molecule has 4 aromatic rings. The number of methoxy groups -OCH3 is 1. The summed E-state index contributed by atoms with van der Waals surface area (Å²) < 4.78 is 20.5. The summed E-state index contributed by atoms with van der Waals surface area (Å²) in [4.78, 5) is 13.6. The van der Waals surface area contributed by atoms with Crippen molar-refractivity contribution in [3.8, 4) is 23.0 Å². The van der Waals surface area contributed by atoms with Crippen LogP contribution in [0.3, 0.4) is 0 Å². The van der Waals surface area contributed by atoms with Gasteiger partial charge in [-0.1, -0.05) is 6.07 Å². The van der Waals surface area contributed by atoms with E-state index in [0.717, 1.165) is 39.2 Å². The van der Waals surface area contributed by atoms with E-state index < -0.39 is 0 Å². The Hall–Kier alpha value is -3.68. The van der Waals surface area contributed by atoms with Crippen molar-refractivity contribution in [2.45, 2.75) is 40.3 Å². The minimum atomic E-state index is 0.155. The van der Waals surface area contributed by atoms with Gasteiger partial charge in [-0.3, -0.25) is 4.68 Å². The van der Waals surface area contributed by atoms with Crippen LogP contribution in [0.4, 0.5) is 5.69 Å². The molecule has 4 heterocycles. The topological polar surface area (TPSA) is 87.0 Å². The number of pyridine rings is 3. The summed E-state index contributed by atoms with van der Waals surface area (Å²) >= 11 is 0. The molecule has 0 aliphatic carbocycles. The molecule has 8 heteroatoms. The van der Waals surface area contributed by atoms with Crippen molar-refractivity contribution < 1.29 is 10.8 Å². The highest BCUT2D eigenvalue weighted by molar-refractivity contribution is 5.93. The van der Waals surface area contributed by atoms with E-state index >= 15 is 0 Å². The molecule has 1 N–H and O–H groups in total. The molecule has 0 radical (unpaired) electrons. The van der Waals surface area contributed by atoms with Crippen molar-refractivity contribution >= 4 is 16.7 Å².